The van der Waals surface area contributed by atoms with Crippen molar-refractivity contribution in [2.75, 3.05) is 20.1 Å². The van der Waals surface area contributed by atoms with Crippen LogP contribution in [0, 0.1) is 11.3 Å². The molecule has 0 saturated carbocycles. The number of amides is 2. The molecule has 0 aromatic heterocycles. The van der Waals surface area contributed by atoms with Crippen molar-refractivity contribution in [2.45, 2.75) is 38.6 Å². The minimum Gasteiger partial charge on any atom is -0.325 e. The van der Waals surface area contributed by atoms with E-state index in [1.807, 2.05) is 4.90 Å². The molecule has 0 aromatic rings. The first kappa shape index (κ1) is 11.8. The Kier molecular flexibility index (Phi) is 4.41. The third-order valence-electron chi connectivity index (χ3n) is 2.95. The Hall–Kier alpha value is -1.24. The molecule has 1 atom stereocenters. The molecule has 0 spiro atoms. The lowest BCUT2D eigenvalue weighted by Crippen LogP contribution is -2.45. The van der Waals surface area contributed by atoms with Crippen molar-refractivity contribution in [2.24, 2.45) is 0 Å². The van der Waals surface area contributed by atoms with Gasteiger partial charge in [-0.2, -0.15) is 5.26 Å². The van der Waals surface area contributed by atoms with E-state index in [1.54, 1.807) is 14.0 Å². The second kappa shape index (κ2) is 5.59. The van der Waals surface area contributed by atoms with Gasteiger partial charge < -0.3 is 9.80 Å². The average Bonchev–Trinajstić information content (AvgIpc) is 2.54. The van der Waals surface area contributed by atoms with Crippen LogP contribution in [0.15, 0.2) is 0 Å². The first-order valence-electron chi connectivity index (χ1n) is 5.58. The van der Waals surface area contributed by atoms with E-state index in [4.69, 9.17) is 5.26 Å². The number of carbonyl (C=O) groups excluding carboxylic acids is 1. The molecule has 1 aliphatic rings. The van der Waals surface area contributed by atoms with Crippen LogP contribution >= 0.6 is 0 Å². The van der Waals surface area contributed by atoms with Gasteiger partial charge in [-0.15, -0.1) is 0 Å². The second-order valence-electron chi connectivity index (χ2n) is 4.10. The number of rotatable bonds is 1. The molecular weight excluding hydrogens is 190 g/mol. The number of nitrogens with zero attached hydrogens (tertiary/aromatic N) is 3. The van der Waals surface area contributed by atoms with Crippen LogP contribution in [0.4, 0.5) is 4.79 Å². The summed E-state index contributed by atoms with van der Waals surface area (Å²) in [6.07, 6.45) is 4.59. The monoisotopic (exact) mass is 209 g/mol. The molecule has 1 unspecified atom stereocenters. The molecule has 1 rings (SSSR count). The quantitative estimate of drug-likeness (QED) is 0.661. The molecule has 1 saturated heterocycles. The topological polar surface area (TPSA) is 47.3 Å². The number of hydrogen-bond donors (Lipinski definition) is 0. The Balaban J connectivity index is 2.54. The largest absolute Gasteiger partial charge is 0.325 e. The number of likely N-dealkylation sites (tertiary alicyclic amines) is 1. The van der Waals surface area contributed by atoms with Crippen molar-refractivity contribution >= 4 is 6.03 Å². The SMILES string of the molecule is CC(C#N)N(C)C(=O)N1CCCCCC1. The predicted molar refractivity (Wildman–Crippen MR) is 58.3 cm³/mol. The molecule has 0 aromatic carbocycles. The Morgan fingerprint density at radius 1 is 1.33 bits per heavy atom. The third-order valence-corrected chi connectivity index (χ3v) is 2.95. The van der Waals surface area contributed by atoms with E-state index in [2.05, 4.69) is 6.07 Å². The highest BCUT2D eigenvalue weighted by atomic mass is 16.2. The molecule has 0 bridgehead atoms. The van der Waals surface area contributed by atoms with Crippen LogP contribution in [-0.4, -0.2) is 42.0 Å². The fraction of sp³-hybridized carbons (Fsp3) is 0.818. The Labute approximate surface area is 91.5 Å². The summed E-state index contributed by atoms with van der Waals surface area (Å²) in [5, 5.41) is 8.75. The van der Waals surface area contributed by atoms with Gasteiger partial charge >= 0.3 is 6.03 Å². The van der Waals surface area contributed by atoms with E-state index >= 15 is 0 Å². The highest BCUT2D eigenvalue weighted by Gasteiger charge is 2.22. The molecule has 2 amide bonds. The van der Waals surface area contributed by atoms with Gasteiger partial charge in [0.05, 0.1) is 6.07 Å². The summed E-state index contributed by atoms with van der Waals surface area (Å²) in [5.74, 6) is 0. The second-order valence-corrected chi connectivity index (χ2v) is 4.10. The van der Waals surface area contributed by atoms with Gasteiger partial charge in [0.1, 0.15) is 6.04 Å². The van der Waals surface area contributed by atoms with E-state index < -0.39 is 0 Å². The fourth-order valence-corrected chi connectivity index (χ4v) is 1.74. The van der Waals surface area contributed by atoms with Gasteiger partial charge in [0, 0.05) is 20.1 Å². The predicted octanol–water partition coefficient (Wildman–Crippen LogP) is 1.83. The van der Waals surface area contributed by atoms with Gasteiger partial charge in [0.25, 0.3) is 0 Å². The van der Waals surface area contributed by atoms with Gasteiger partial charge in [0.15, 0.2) is 0 Å². The molecule has 1 fully saturated rings. The van der Waals surface area contributed by atoms with Crippen LogP contribution in [-0.2, 0) is 0 Å². The van der Waals surface area contributed by atoms with Crippen molar-refractivity contribution in [1.82, 2.24) is 9.80 Å². The zero-order valence-electron chi connectivity index (χ0n) is 9.57. The minimum atomic E-state index is -0.347. The standard InChI is InChI=1S/C11H19N3O/c1-10(9-12)13(2)11(15)14-7-5-3-4-6-8-14/h10H,3-8H2,1-2H3. The molecule has 0 N–H and O–H groups in total. The normalized spacial score (nSPS) is 18.9. The van der Waals surface area contributed by atoms with Crippen LogP contribution < -0.4 is 0 Å². The Morgan fingerprint density at radius 2 is 1.87 bits per heavy atom. The lowest BCUT2D eigenvalue weighted by molar-refractivity contribution is 0.159. The van der Waals surface area contributed by atoms with Crippen LogP contribution in [0.2, 0.25) is 0 Å². The molecule has 1 heterocycles. The maximum atomic E-state index is 12.0. The molecule has 84 valence electrons. The van der Waals surface area contributed by atoms with Crippen molar-refractivity contribution in [3.05, 3.63) is 0 Å². The highest BCUT2D eigenvalue weighted by molar-refractivity contribution is 5.74. The van der Waals surface area contributed by atoms with Crippen LogP contribution in [0.5, 0.6) is 0 Å². The average molecular weight is 209 g/mol. The zero-order valence-corrected chi connectivity index (χ0v) is 9.57. The van der Waals surface area contributed by atoms with E-state index in [0.29, 0.717) is 0 Å². The maximum Gasteiger partial charge on any atom is 0.320 e. The van der Waals surface area contributed by atoms with Gasteiger partial charge in [-0.1, -0.05) is 12.8 Å². The number of carbonyl (C=O) groups is 1. The molecule has 0 aliphatic carbocycles. The lowest BCUT2D eigenvalue weighted by atomic mass is 10.2. The molecule has 15 heavy (non-hydrogen) atoms. The van der Waals surface area contributed by atoms with E-state index in [0.717, 1.165) is 25.9 Å². The molecule has 1 aliphatic heterocycles. The summed E-state index contributed by atoms with van der Waals surface area (Å²) in [5.41, 5.74) is 0. The minimum absolute atomic E-state index is 0.00838. The summed E-state index contributed by atoms with van der Waals surface area (Å²) in [6, 6.07) is 1.72. The third kappa shape index (κ3) is 3.12. The van der Waals surface area contributed by atoms with Gasteiger partial charge in [0.2, 0.25) is 0 Å². The maximum absolute atomic E-state index is 12.0. The molecule has 4 nitrogen and oxygen atoms in total. The van der Waals surface area contributed by atoms with Gasteiger partial charge in [-0.25, -0.2) is 4.79 Å². The first-order valence-corrected chi connectivity index (χ1v) is 5.58. The van der Waals surface area contributed by atoms with Gasteiger partial charge in [-0.3, -0.25) is 0 Å². The van der Waals surface area contributed by atoms with E-state index in [1.165, 1.54) is 17.7 Å². The molecule has 4 heteroatoms. The molecule has 0 radical (unpaired) electrons. The summed E-state index contributed by atoms with van der Waals surface area (Å²) in [4.78, 5) is 15.3. The molecular formula is C11H19N3O. The summed E-state index contributed by atoms with van der Waals surface area (Å²) in [6.45, 7) is 3.42. The van der Waals surface area contributed by atoms with Crippen LogP contribution in [0.1, 0.15) is 32.6 Å². The lowest BCUT2D eigenvalue weighted by Gasteiger charge is -2.28. The number of nitriles is 1. The summed E-state index contributed by atoms with van der Waals surface area (Å²) < 4.78 is 0. The van der Waals surface area contributed by atoms with Gasteiger partial charge in [-0.05, 0) is 19.8 Å². The van der Waals surface area contributed by atoms with Crippen LogP contribution in [0.3, 0.4) is 0 Å². The summed E-state index contributed by atoms with van der Waals surface area (Å²) >= 11 is 0. The smallest absolute Gasteiger partial charge is 0.320 e. The van der Waals surface area contributed by atoms with Crippen molar-refractivity contribution in [3.8, 4) is 6.07 Å². The van der Waals surface area contributed by atoms with Crippen molar-refractivity contribution in [3.63, 3.8) is 0 Å². The van der Waals surface area contributed by atoms with E-state index in [-0.39, 0.29) is 12.1 Å². The highest BCUT2D eigenvalue weighted by Crippen LogP contribution is 2.12. The van der Waals surface area contributed by atoms with E-state index in [9.17, 15) is 4.79 Å². The Bertz CT molecular complexity index is 251. The number of urea groups is 1. The summed E-state index contributed by atoms with van der Waals surface area (Å²) in [7, 11) is 1.70. The van der Waals surface area contributed by atoms with Crippen LogP contribution in [0.25, 0.3) is 0 Å². The van der Waals surface area contributed by atoms with Crippen molar-refractivity contribution in [1.29, 1.82) is 5.26 Å². The zero-order chi connectivity index (χ0) is 11.3. The fourth-order valence-electron chi connectivity index (χ4n) is 1.74. The number of hydrogen-bond acceptors (Lipinski definition) is 2. The van der Waals surface area contributed by atoms with Crippen molar-refractivity contribution < 1.29 is 4.79 Å². The Morgan fingerprint density at radius 3 is 2.33 bits per heavy atom. The first-order chi connectivity index (χ1) is 7.16.